The number of nitrogens with zero attached hydrogens (tertiary/aromatic N) is 5. The molecule has 1 unspecified atom stereocenters. The van der Waals surface area contributed by atoms with Crippen molar-refractivity contribution in [3.05, 3.63) is 65.4 Å². The van der Waals surface area contributed by atoms with Crippen LogP contribution >= 0.6 is 11.3 Å². The highest BCUT2D eigenvalue weighted by molar-refractivity contribution is 7.18. The number of fused-ring (bicyclic) bond motifs is 1. The van der Waals surface area contributed by atoms with Crippen molar-refractivity contribution in [1.29, 1.82) is 5.26 Å². The Labute approximate surface area is 160 Å². The van der Waals surface area contributed by atoms with Crippen molar-refractivity contribution in [3.8, 4) is 6.07 Å². The zero-order valence-corrected chi connectivity index (χ0v) is 15.3. The smallest absolute Gasteiger partial charge is 0.222 e. The maximum absolute atomic E-state index is 9.69. The molecule has 0 aliphatic rings. The van der Waals surface area contributed by atoms with Crippen molar-refractivity contribution in [3.63, 3.8) is 0 Å². The molecule has 4 rings (SSSR count). The number of nitriles is 1. The Hall–Kier alpha value is -3.31. The second-order valence-electron chi connectivity index (χ2n) is 5.95. The van der Waals surface area contributed by atoms with Crippen molar-refractivity contribution >= 4 is 27.5 Å². The Balaban J connectivity index is 1.46. The summed E-state index contributed by atoms with van der Waals surface area (Å²) >= 11 is 1.53. The van der Waals surface area contributed by atoms with Gasteiger partial charge in [0.15, 0.2) is 0 Å². The molecule has 0 fully saturated rings. The molecule has 0 spiro atoms. The van der Waals surface area contributed by atoms with Crippen molar-refractivity contribution in [2.24, 2.45) is 0 Å². The van der Waals surface area contributed by atoms with E-state index in [1.165, 1.54) is 11.3 Å². The standard InChI is InChI=1S/C19H17N7S/c20-12-13(18-25-15-4-1-2-5-16(15)27-18)14-7-9-24-19(26-14)23-8-3-6-17-21-10-11-22-17/h1-2,4-5,7,9-11,13H,3,6,8H2,(H,21,22)(H,23,24,26). The van der Waals surface area contributed by atoms with Crippen LogP contribution in [0, 0.1) is 11.3 Å². The van der Waals surface area contributed by atoms with Crippen molar-refractivity contribution in [2.75, 3.05) is 11.9 Å². The van der Waals surface area contributed by atoms with Crippen LogP contribution in [0.2, 0.25) is 0 Å². The lowest BCUT2D eigenvalue weighted by atomic mass is 10.1. The number of aromatic nitrogens is 5. The number of para-hydroxylation sites is 1. The molecule has 0 amide bonds. The molecular weight excluding hydrogens is 358 g/mol. The Morgan fingerprint density at radius 1 is 1.15 bits per heavy atom. The SMILES string of the molecule is N#CC(c1ccnc(NCCCc2ncc[nH]2)n1)c1nc2ccccc2s1. The molecule has 7 nitrogen and oxygen atoms in total. The highest BCUT2D eigenvalue weighted by Crippen LogP contribution is 2.30. The van der Waals surface area contributed by atoms with E-state index in [9.17, 15) is 5.26 Å². The molecule has 3 heterocycles. The molecule has 1 aromatic carbocycles. The van der Waals surface area contributed by atoms with Crippen molar-refractivity contribution in [2.45, 2.75) is 18.8 Å². The lowest BCUT2D eigenvalue weighted by molar-refractivity contribution is 0.807. The maximum atomic E-state index is 9.69. The normalized spacial score (nSPS) is 12.0. The maximum Gasteiger partial charge on any atom is 0.222 e. The van der Waals surface area contributed by atoms with E-state index < -0.39 is 5.92 Å². The lowest BCUT2D eigenvalue weighted by Crippen LogP contribution is -2.09. The van der Waals surface area contributed by atoms with Gasteiger partial charge in [-0.2, -0.15) is 5.26 Å². The van der Waals surface area contributed by atoms with E-state index in [4.69, 9.17) is 0 Å². The fourth-order valence-corrected chi connectivity index (χ4v) is 3.80. The Morgan fingerprint density at radius 3 is 2.89 bits per heavy atom. The monoisotopic (exact) mass is 375 g/mol. The number of H-pyrrole nitrogens is 1. The van der Waals surface area contributed by atoms with E-state index in [1.807, 2.05) is 30.5 Å². The molecule has 0 saturated carbocycles. The van der Waals surface area contributed by atoms with Gasteiger partial charge in [-0.1, -0.05) is 12.1 Å². The minimum absolute atomic E-state index is 0.505. The molecular formula is C19H17N7S. The third-order valence-electron chi connectivity index (χ3n) is 4.09. The Kier molecular flexibility index (Phi) is 5.03. The average Bonchev–Trinajstić information content (AvgIpc) is 3.36. The van der Waals surface area contributed by atoms with Gasteiger partial charge in [-0.05, 0) is 24.6 Å². The topological polar surface area (TPSA) is 103 Å². The first kappa shape index (κ1) is 17.1. The summed E-state index contributed by atoms with van der Waals surface area (Å²) in [7, 11) is 0. The number of aromatic amines is 1. The van der Waals surface area contributed by atoms with E-state index in [0.29, 0.717) is 11.6 Å². The Morgan fingerprint density at radius 2 is 2.07 bits per heavy atom. The van der Waals surface area contributed by atoms with Gasteiger partial charge in [0.2, 0.25) is 5.95 Å². The summed E-state index contributed by atoms with van der Waals surface area (Å²) in [5, 5.41) is 13.7. The van der Waals surface area contributed by atoms with Gasteiger partial charge in [0, 0.05) is 31.6 Å². The molecule has 0 bridgehead atoms. The van der Waals surface area contributed by atoms with Crippen LogP contribution in [0.15, 0.2) is 48.9 Å². The molecule has 4 aromatic rings. The number of imidazole rings is 1. The summed E-state index contributed by atoms with van der Waals surface area (Å²) in [6.07, 6.45) is 7.00. The molecule has 0 radical (unpaired) electrons. The van der Waals surface area contributed by atoms with Crippen LogP contribution < -0.4 is 5.32 Å². The van der Waals surface area contributed by atoms with Crippen LogP contribution in [-0.4, -0.2) is 31.5 Å². The van der Waals surface area contributed by atoms with Crippen molar-refractivity contribution in [1.82, 2.24) is 24.9 Å². The van der Waals surface area contributed by atoms with E-state index >= 15 is 0 Å². The number of hydrogen-bond donors (Lipinski definition) is 2. The van der Waals surface area contributed by atoms with Crippen LogP contribution in [0.3, 0.4) is 0 Å². The number of thiazole rings is 1. The number of benzene rings is 1. The third-order valence-corrected chi connectivity index (χ3v) is 5.19. The summed E-state index contributed by atoms with van der Waals surface area (Å²) < 4.78 is 1.07. The van der Waals surface area contributed by atoms with Gasteiger partial charge in [-0.25, -0.2) is 19.9 Å². The highest BCUT2D eigenvalue weighted by Gasteiger charge is 2.20. The van der Waals surface area contributed by atoms with E-state index in [1.54, 1.807) is 18.5 Å². The van der Waals surface area contributed by atoms with Gasteiger partial charge >= 0.3 is 0 Å². The summed E-state index contributed by atoms with van der Waals surface area (Å²) in [6, 6.07) is 12.0. The minimum atomic E-state index is -0.505. The lowest BCUT2D eigenvalue weighted by Gasteiger charge is -2.08. The fraction of sp³-hybridized carbons (Fsp3) is 0.211. The second-order valence-corrected chi connectivity index (χ2v) is 7.02. The van der Waals surface area contributed by atoms with Crippen LogP contribution in [0.1, 0.15) is 28.9 Å². The predicted molar refractivity (Wildman–Crippen MR) is 105 cm³/mol. The molecule has 1 atom stereocenters. The quantitative estimate of drug-likeness (QED) is 0.479. The number of hydrogen-bond acceptors (Lipinski definition) is 7. The molecule has 0 aliphatic heterocycles. The van der Waals surface area contributed by atoms with Gasteiger partial charge in [0.25, 0.3) is 0 Å². The highest BCUT2D eigenvalue weighted by atomic mass is 32.1. The van der Waals surface area contributed by atoms with Gasteiger partial charge in [0.1, 0.15) is 16.7 Å². The van der Waals surface area contributed by atoms with E-state index in [0.717, 1.165) is 40.4 Å². The average molecular weight is 375 g/mol. The first-order valence-corrected chi connectivity index (χ1v) is 9.45. The van der Waals surface area contributed by atoms with Crippen LogP contribution in [0.5, 0.6) is 0 Å². The molecule has 0 saturated heterocycles. The molecule has 134 valence electrons. The number of aryl methyl sites for hydroxylation is 1. The number of rotatable bonds is 7. The van der Waals surface area contributed by atoms with Gasteiger partial charge in [0.05, 0.1) is 22.0 Å². The van der Waals surface area contributed by atoms with Gasteiger partial charge in [-0.15, -0.1) is 11.3 Å². The third kappa shape index (κ3) is 3.93. The zero-order chi connectivity index (χ0) is 18.5. The zero-order valence-electron chi connectivity index (χ0n) is 14.5. The fourth-order valence-electron chi connectivity index (χ4n) is 2.77. The summed E-state index contributed by atoms with van der Waals surface area (Å²) in [6.45, 7) is 0.725. The van der Waals surface area contributed by atoms with Crippen LogP contribution in [0.25, 0.3) is 10.2 Å². The van der Waals surface area contributed by atoms with E-state index in [-0.39, 0.29) is 0 Å². The summed E-state index contributed by atoms with van der Waals surface area (Å²) in [4.78, 5) is 20.7. The predicted octanol–water partition coefficient (Wildman–Crippen LogP) is 3.51. The summed E-state index contributed by atoms with van der Waals surface area (Å²) in [5.74, 6) is 0.981. The first-order valence-electron chi connectivity index (χ1n) is 8.63. The molecule has 27 heavy (non-hydrogen) atoms. The largest absolute Gasteiger partial charge is 0.354 e. The summed E-state index contributed by atoms with van der Waals surface area (Å²) in [5.41, 5.74) is 1.56. The molecule has 2 N–H and O–H groups in total. The first-order chi connectivity index (χ1) is 13.3. The second kappa shape index (κ2) is 7.93. The Bertz CT molecular complexity index is 1030. The van der Waals surface area contributed by atoms with E-state index in [2.05, 4.69) is 36.3 Å². The van der Waals surface area contributed by atoms with Crippen LogP contribution in [0.4, 0.5) is 5.95 Å². The van der Waals surface area contributed by atoms with Gasteiger partial charge < -0.3 is 10.3 Å². The number of nitrogens with one attached hydrogen (secondary N) is 2. The van der Waals surface area contributed by atoms with Crippen molar-refractivity contribution < 1.29 is 0 Å². The molecule has 3 aromatic heterocycles. The van der Waals surface area contributed by atoms with Crippen LogP contribution in [-0.2, 0) is 6.42 Å². The number of anilines is 1. The molecule has 8 heteroatoms. The minimum Gasteiger partial charge on any atom is -0.354 e. The molecule has 0 aliphatic carbocycles. The van der Waals surface area contributed by atoms with Gasteiger partial charge in [-0.3, -0.25) is 0 Å².